The first-order chi connectivity index (χ1) is 17.4. The number of hydrogen-bond acceptors (Lipinski definition) is 7. The largest absolute Gasteiger partial charge is 0.343 e. The highest BCUT2D eigenvalue weighted by Crippen LogP contribution is 2.60. The highest BCUT2D eigenvalue weighted by Gasteiger charge is 2.45. The predicted molar refractivity (Wildman–Crippen MR) is 136 cm³/mol. The highest BCUT2D eigenvalue weighted by molar-refractivity contribution is 7.71. The molecule has 3 amide bonds. The first kappa shape index (κ1) is 38.0. The average Bonchev–Trinajstić information content (AvgIpc) is 2.69. The lowest BCUT2D eigenvalue weighted by Crippen LogP contribution is -2.39. The Balaban J connectivity index is 5.11. The van der Waals surface area contributed by atoms with Crippen LogP contribution >= 0.6 is 30.4 Å². The highest BCUT2D eigenvalue weighted by atomic mass is 31.2. The van der Waals surface area contributed by atoms with Crippen molar-refractivity contribution in [2.75, 3.05) is 39.3 Å². The molecule has 0 aliphatic heterocycles. The van der Waals surface area contributed by atoms with Gasteiger partial charge in [-0.05, 0) is 19.3 Å². The number of amides is 3. The molecule has 0 aromatic carbocycles. The minimum Gasteiger partial charge on any atom is -0.343 e. The molecule has 8 N–H and O–H groups in total. The summed E-state index contributed by atoms with van der Waals surface area (Å²) >= 11 is 0. The van der Waals surface area contributed by atoms with Crippen LogP contribution < -0.4 is 0 Å². The van der Waals surface area contributed by atoms with Gasteiger partial charge < -0.3 is 53.8 Å². The quantitative estimate of drug-likeness (QED) is 0.0698. The summed E-state index contributed by atoms with van der Waals surface area (Å²) in [5, 5.41) is -4.79. The molecule has 0 aliphatic carbocycles. The van der Waals surface area contributed by atoms with Crippen molar-refractivity contribution in [1.82, 2.24) is 14.7 Å². The topological polar surface area (TPSA) is 291 Å². The number of rotatable bonds is 17. The Bertz CT molecular complexity index is 1000. The number of unbranched alkanes of at least 4 members (excludes halogenated alkanes) is 1. The maximum absolute atomic E-state index is 12.0. The van der Waals surface area contributed by atoms with E-state index < -0.39 is 66.1 Å². The monoisotopic (exact) mass is 647 g/mol. The zero-order chi connectivity index (χ0) is 31.0. The second-order valence-corrected chi connectivity index (χ2v) is 16.8. The van der Waals surface area contributed by atoms with E-state index in [1.165, 1.54) is 11.8 Å². The number of hydrogen-bond donors (Lipinski definition) is 8. The van der Waals surface area contributed by atoms with E-state index in [0.29, 0.717) is 0 Å². The Morgan fingerprint density at radius 2 is 0.718 bits per heavy atom. The fourth-order valence-electron chi connectivity index (χ4n) is 3.45. The molecule has 0 aliphatic rings. The summed E-state index contributed by atoms with van der Waals surface area (Å²) in [6.07, 6.45) is 0.527. The van der Waals surface area contributed by atoms with Gasteiger partial charge in [0, 0.05) is 60.0 Å². The van der Waals surface area contributed by atoms with E-state index in [9.17, 15) is 71.8 Å². The predicted octanol–water partition coefficient (Wildman–Crippen LogP) is -0.935. The minimum absolute atomic E-state index is 0.0461. The van der Waals surface area contributed by atoms with Gasteiger partial charge in [0.05, 0.1) is 0 Å². The Morgan fingerprint density at radius 3 is 0.974 bits per heavy atom. The fourth-order valence-corrected chi connectivity index (χ4v) is 8.23. The van der Waals surface area contributed by atoms with Gasteiger partial charge in [0.1, 0.15) is 0 Å². The normalized spacial score (nSPS) is 13.1. The first-order valence-electron chi connectivity index (χ1n) is 11.4. The van der Waals surface area contributed by atoms with Crippen molar-refractivity contribution in [3.8, 4) is 0 Å². The number of carbonyl (C=O) groups is 3. The summed E-state index contributed by atoms with van der Waals surface area (Å²) in [6.45, 7) is 1.42. The van der Waals surface area contributed by atoms with Crippen molar-refractivity contribution in [1.29, 1.82) is 0 Å². The Kier molecular flexibility index (Phi) is 14.9. The SMILES string of the molecule is CC(=O)N(CCCCN(CC(P(=O)(O)O)P(=O)(O)O)C(C)=O)CCCN(CC(P(=O)(O)O)P(=O)(O)O)C(C)=O. The van der Waals surface area contributed by atoms with Crippen LogP contribution in [-0.2, 0) is 32.6 Å². The summed E-state index contributed by atoms with van der Waals surface area (Å²) in [4.78, 5) is 113. The van der Waals surface area contributed by atoms with Crippen LogP contribution in [0.1, 0.15) is 40.0 Å². The maximum Gasteiger partial charge on any atom is 0.342 e. The molecule has 0 aromatic rings. The second kappa shape index (κ2) is 15.3. The van der Waals surface area contributed by atoms with Gasteiger partial charge in [0.2, 0.25) is 17.7 Å². The number of carbonyl (C=O) groups excluding carboxylic acids is 3. The molecule has 0 radical (unpaired) electrons. The summed E-state index contributed by atoms with van der Waals surface area (Å²) in [6, 6.07) is 0. The van der Waals surface area contributed by atoms with E-state index in [1.54, 1.807) is 0 Å². The molecule has 18 nitrogen and oxygen atoms in total. The van der Waals surface area contributed by atoms with Crippen LogP contribution in [0.15, 0.2) is 0 Å². The molecule has 230 valence electrons. The maximum atomic E-state index is 12.0. The molecule has 22 heteroatoms. The van der Waals surface area contributed by atoms with Crippen LogP contribution in [0.4, 0.5) is 0 Å². The van der Waals surface area contributed by atoms with Crippen LogP contribution in [0.3, 0.4) is 0 Å². The lowest BCUT2D eigenvalue weighted by molar-refractivity contribution is -0.130. The Labute approximate surface area is 225 Å². The van der Waals surface area contributed by atoms with Crippen molar-refractivity contribution in [2.24, 2.45) is 0 Å². The molecule has 0 saturated carbocycles. The molecule has 0 aromatic heterocycles. The van der Waals surface area contributed by atoms with Crippen molar-refractivity contribution in [3.63, 3.8) is 0 Å². The number of nitrogens with zero attached hydrogens (tertiary/aromatic N) is 3. The van der Waals surface area contributed by atoms with Gasteiger partial charge in [-0.15, -0.1) is 0 Å². The average molecular weight is 647 g/mol. The zero-order valence-corrected chi connectivity index (χ0v) is 25.2. The van der Waals surface area contributed by atoms with Crippen LogP contribution in [0.25, 0.3) is 0 Å². The molecule has 39 heavy (non-hydrogen) atoms. The molecule has 0 bridgehead atoms. The van der Waals surface area contributed by atoms with E-state index >= 15 is 0 Å². The van der Waals surface area contributed by atoms with Crippen molar-refractivity contribution in [3.05, 3.63) is 0 Å². The summed E-state index contributed by atoms with van der Waals surface area (Å²) in [5.41, 5.74) is 0. The summed E-state index contributed by atoms with van der Waals surface area (Å²) < 4.78 is 46.0. The molecule has 0 spiro atoms. The lowest BCUT2D eigenvalue weighted by atomic mass is 10.2. The zero-order valence-electron chi connectivity index (χ0n) is 21.6. The Morgan fingerprint density at radius 1 is 0.487 bits per heavy atom. The third-order valence-electron chi connectivity index (χ3n) is 5.62. The summed E-state index contributed by atoms with van der Waals surface area (Å²) in [7, 11) is -21.0. The van der Waals surface area contributed by atoms with Gasteiger partial charge in [-0.1, -0.05) is 0 Å². The first-order valence-corrected chi connectivity index (χ1v) is 18.1. The second-order valence-electron chi connectivity index (χ2n) is 8.81. The van der Waals surface area contributed by atoms with Gasteiger partial charge in [-0.2, -0.15) is 0 Å². The molecule has 0 unspecified atom stereocenters. The fraction of sp³-hybridized carbons (Fsp3) is 0.824. The van der Waals surface area contributed by atoms with Gasteiger partial charge in [-0.3, -0.25) is 32.6 Å². The third-order valence-corrected chi connectivity index (χ3v) is 13.0. The summed E-state index contributed by atoms with van der Waals surface area (Å²) in [5.74, 6) is -1.78. The van der Waals surface area contributed by atoms with Gasteiger partial charge in [0.15, 0.2) is 10.8 Å². The Hall–Kier alpha value is -0.990. The van der Waals surface area contributed by atoms with Crippen LogP contribution in [-0.4, -0.2) is 122 Å². The molecule has 0 atom stereocenters. The standard InChI is InChI=1S/C17H37N3O15P4/c1-13(21)18(9-6-10-20(15(3)23)12-17(38(30,31)32)39(33,34)35)7-4-5-8-19(14(2)22)11-16(36(24,25)26)37(27,28)29/h16-17H,4-12H2,1-3H3,(H2,24,25,26)(H2,27,28,29)(H2,30,31,32)(H2,33,34,35). The van der Waals surface area contributed by atoms with E-state index in [0.717, 1.165) is 23.6 Å². The molecule has 0 rings (SSSR count). The molecular weight excluding hydrogens is 610 g/mol. The van der Waals surface area contributed by atoms with E-state index in [-0.39, 0.29) is 51.3 Å². The van der Waals surface area contributed by atoms with E-state index in [2.05, 4.69) is 0 Å². The van der Waals surface area contributed by atoms with Crippen LogP contribution in [0.2, 0.25) is 0 Å². The molecule has 0 saturated heterocycles. The van der Waals surface area contributed by atoms with Gasteiger partial charge in [0.25, 0.3) is 0 Å². The van der Waals surface area contributed by atoms with Crippen molar-refractivity contribution >= 4 is 48.1 Å². The lowest BCUT2D eigenvalue weighted by Gasteiger charge is -2.29. The van der Waals surface area contributed by atoms with Gasteiger partial charge >= 0.3 is 30.4 Å². The van der Waals surface area contributed by atoms with E-state index in [1.807, 2.05) is 0 Å². The molecular formula is C17H37N3O15P4. The van der Waals surface area contributed by atoms with Crippen LogP contribution in [0.5, 0.6) is 0 Å². The van der Waals surface area contributed by atoms with E-state index in [4.69, 9.17) is 0 Å². The van der Waals surface area contributed by atoms with Gasteiger partial charge in [-0.25, -0.2) is 0 Å². The third kappa shape index (κ3) is 14.5. The van der Waals surface area contributed by atoms with Crippen molar-refractivity contribution < 1.29 is 71.8 Å². The smallest absolute Gasteiger partial charge is 0.342 e. The van der Waals surface area contributed by atoms with Crippen molar-refractivity contribution in [2.45, 2.75) is 50.8 Å². The van der Waals surface area contributed by atoms with Crippen LogP contribution in [0, 0.1) is 0 Å². The minimum atomic E-state index is -5.26. The molecule has 0 heterocycles. The molecule has 0 fully saturated rings.